The summed E-state index contributed by atoms with van der Waals surface area (Å²) in [5.41, 5.74) is -3.15. The molecule has 100 valence electrons. The first-order valence-electron chi connectivity index (χ1n) is 5.02. The Bertz CT molecular complexity index is 446. The van der Waals surface area contributed by atoms with E-state index < -0.39 is 29.3 Å². The number of anilines is 1. The number of nitrogens with one attached hydrogen (secondary N) is 1. The fourth-order valence-electron chi connectivity index (χ4n) is 1.52. The Kier molecular flexibility index (Phi) is 2.71. The van der Waals surface area contributed by atoms with Crippen LogP contribution in [-0.4, -0.2) is 16.7 Å². The van der Waals surface area contributed by atoms with E-state index in [1.54, 1.807) is 0 Å². The summed E-state index contributed by atoms with van der Waals surface area (Å²) in [6.45, 7) is 0. The van der Waals surface area contributed by atoms with E-state index in [2.05, 4.69) is 4.98 Å². The van der Waals surface area contributed by atoms with Gasteiger partial charge in [0.05, 0.1) is 5.56 Å². The lowest BCUT2D eigenvalue weighted by molar-refractivity contribution is -0.151. The number of hydrogen-bond acceptors (Lipinski definition) is 2. The van der Waals surface area contributed by atoms with E-state index in [1.807, 2.05) is 5.32 Å². The highest BCUT2D eigenvalue weighted by molar-refractivity contribution is 5.44. The average Bonchev–Trinajstić information content (AvgIpc) is 2.97. The predicted molar refractivity (Wildman–Crippen MR) is 50.9 cm³/mol. The van der Waals surface area contributed by atoms with Crippen LogP contribution in [0.5, 0.6) is 0 Å². The van der Waals surface area contributed by atoms with E-state index in [4.69, 9.17) is 0 Å². The van der Waals surface area contributed by atoms with E-state index in [-0.39, 0.29) is 12.8 Å². The average molecular weight is 270 g/mol. The summed E-state index contributed by atoms with van der Waals surface area (Å²) in [5, 5.41) is 2.05. The highest BCUT2D eigenvalue weighted by Gasteiger charge is 2.63. The molecule has 1 saturated carbocycles. The lowest BCUT2D eigenvalue weighted by Crippen LogP contribution is -2.39. The molecule has 18 heavy (non-hydrogen) atoms. The van der Waals surface area contributed by atoms with Crippen molar-refractivity contribution in [2.24, 2.45) is 0 Å². The van der Waals surface area contributed by atoms with Crippen LogP contribution in [0.2, 0.25) is 0 Å². The van der Waals surface area contributed by atoms with E-state index >= 15 is 0 Å². The van der Waals surface area contributed by atoms with E-state index in [9.17, 15) is 26.3 Å². The summed E-state index contributed by atoms with van der Waals surface area (Å²) in [4.78, 5) is 3.48. The van der Waals surface area contributed by atoms with Gasteiger partial charge in [0.15, 0.2) is 0 Å². The molecule has 0 spiro atoms. The van der Waals surface area contributed by atoms with Crippen LogP contribution in [-0.2, 0) is 6.18 Å². The minimum absolute atomic E-state index is 0.158. The van der Waals surface area contributed by atoms with Crippen LogP contribution in [0.3, 0.4) is 0 Å². The number of aromatic nitrogens is 1. The molecule has 8 heteroatoms. The number of rotatable bonds is 2. The second-order valence-electron chi connectivity index (χ2n) is 4.13. The van der Waals surface area contributed by atoms with Crippen LogP contribution in [0.25, 0.3) is 0 Å². The molecule has 1 aliphatic carbocycles. The van der Waals surface area contributed by atoms with Crippen molar-refractivity contribution in [2.45, 2.75) is 30.7 Å². The monoisotopic (exact) mass is 270 g/mol. The van der Waals surface area contributed by atoms with Gasteiger partial charge in [0.1, 0.15) is 11.4 Å². The highest BCUT2D eigenvalue weighted by atomic mass is 19.4. The molecule has 2 rings (SSSR count). The van der Waals surface area contributed by atoms with Crippen molar-refractivity contribution >= 4 is 5.82 Å². The van der Waals surface area contributed by atoms with Gasteiger partial charge in [-0.2, -0.15) is 26.3 Å². The molecule has 0 bridgehead atoms. The molecule has 0 aromatic carbocycles. The van der Waals surface area contributed by atoms with E-state index in [0.29, 0.717) is 12.1 Å². The molecule has 0 atom stereocenters. The Morgan fingerprint density at radius 2 is 1.72 bits per heavy atom. The molecule has 2 nitrogen and oxygen atoms in total. The molecule has 0 aliphatic heterocycles. The molecule has 1 N–H and O–H groups in total. The van der Waals surface area contributed by atoms with Crippen molar-refractivity contribution in [1.82, 2.24) is 4.98 Å². The summed E-state index contributed by atoms with van der Waals surface area (Å²) < 4.78 is 74.9. The summed E-state index contributed by atoms with van der Waals surface area (Å²) >= 11 is 0. The zero-order chi connectivity index (χ0) is 13.6. The topological polar surface area (TPSA) is 24.9 Å². The predicted octanol–water partition coefficient (Wildman–Crippen LogP) is 3.61. The minimum atomic E-state index is -4.60. The number of alkyl halides is 6. The third-order valence-corrected chi connectivity index (χ3v) is 2.75. The summed E-state index contributed by atoms with van der Waals surface area (Å²) in [7, 11) is 0. The SMILES string of the molecule is FC(F)(F)c1ccnc(NC2(C(F)(F)F)CC2)c1. The first-order chi connectivity index (χ1) is 8.14. The maximum absolute atomic E-state index is 12.6. The molecule has 1 aromatic rings. The molecule has 1 aromatic heterocycles. The summed E-state index contributed by atoms with van der Waals surface area (Å²) in [6, 6.07) is 1.28. The molecule has 0 radical (unpaired) electrons. The highest BCUT2D eigenvalue weighted by Crippen LogP contribution is 2.51. The van der Waals surface area contributed by atoms with Gasteiger partial charge in [-0.3, -0.25) is 0 Å². The number of nitrogens with zero attached hydrogens (tertiary/aromatic N) is 1. The van der Waals surface area contributed by atoms with Crippen LogP contribution < -0.4 is 5.32 Å². The fraction of sp³-hybridized carbons (Fsp3) is 0.500. The van der Waals surface area contributed by atoms with Crippen molar-refractivity contribution in [1.29, 1.82) is 0 Å². The quantitative estimate of drug-likeness (QED) is 0.830. The molecule has 1 fully saturated rings. The zero-order valence-corrected chi connectivity index (χ0v) is 8.86. The largest absolute Gasteiger partial charge is 0.416 e. The van der Waals surface area contributed by atoms with Gasteiger partial charge < -0.3 is 5.32 Å². The van der Waals surface area contributed by atoms with Gasteiger partial charge >= 0.3 is 12.4 Å². The molecule has 0 saturated heterocycles. The normalized spacial score (nSPS) is 18.6. The van der Waals surface area contributed by atoms with Crippen molar-refractivity contribution < 1.29 is 26.3 Å². The van der Waals surface area contributed by atoms with Crippen LogP contribution in [0.15, 0.2) is 18.3 Å². The van der Waals surface area contributed by atoms with Crippen molar-refractivity contribution in [3.63, 3.8) is 0 Å². The summed E-state index contributed by atoms with van der Waals surface area (Å²) in [5.74, 6) is -0.417. The second-order valence-corrected chi connectivity index (χ2v) is 4.13. The Balaban J connectivity index is 2.21. The smallest absolute Gasteiger partial charge is 0.356 e. The first-order valence-corrected chi connectivity index (χ1v) is 5.02. The molecule has 1 heterocycles. The number of pyridine rings is 1. The van der Waals surface area contributed by atoms with Crippen LogP contribution in [0.4, 0.5) is 32.2 Å². The Hall–Kier alpha value is -1.47. The Labute approximate surface area is 98.0 Å². The number of halogens is 6. The van der Waals surface area contributed by atoms with Gasteiger partial charge in [0.2, 0.25) is 0 Å². The van der Waals surface area contributed by atoms with Gasteiger partial charge in [0, 0.05) is 6.20 Å². The second kappa shape index (κ2) is 3.76. The van der Waals surface area contributed by atoms with Crippen molar-refractivity contribution in [3.05, 3.63) is 23.9 Å². The van der Waals surface area contributed by atoms with Crippen LogP contribution in [0.1, 0.15) is 18.4 Å². The van der Waals surface area contributed by atoms with Crippen molar-refractivity contribution in [3.8, 4) is 0 Å². The zero-order valence-electron chi connectivity index (χ0n) is 8.86. The maximum Gasteiger partial charge on any atom is 0.416 e. The Morgan fingerprint density at radius 1 is 1.11 bits per heavy atom. The van der Waals surface area contributed by atoms with Gasteiger partial charge in [-0.15, -0.1) is 0 Å². The molecular weight excluding hydrogens is 262 g/mol. The van der Waals surface area contributed by atoms with Gasteiger partial charge in [0.25, 0.3) is 0 Å². The summed E-state index contributed by atoms with van der Waals surface area (Å²) in [6.07, 6.45) is -8.59. The van der Waals surface area contributed by atoms with Crippen molar-refractivity contribution in [2.75, 3.05) is 5.32 Å². The van der Waals surface area contributed by atoms with Crippen LogP contribution >= 0.6 is 0 Å². The van der Waals surface area contributed by atoms with E-state index in [1.165, 1.54) is 0 Å². The lowest BCUT2D eigenvalue weighted by atomic mass is 10.2. The molecular formula is C10H8F6N2. The molecule has 0 amide bonds. The number of hydrogen-bond donors (Lipinski definition) is 1. The minimum Gasteiger partial charge on any atom is -0.356 e. The van der Waals surface area contributed by atoms with E-state index in [0.717, 1.165) is 6.20 Å². The fourth-order valence-corrected chi connectivity index (χ4v) is 1.52. The standard InChI is InChI=1S/C10H8F6N2/c11-9(12,13)6-1-4-17-7(5-6)18-8(2-3-8)10(14,15)16/h1,4-5H,2-3H2,(H,17,18). The van der Waals surface area contributed by atoms with Gasteiger partial charge in [-0.25, -0.2) is 4.98 Å². The Morgan fingerprint density at radius 3 is 2.17 bits per heavy atom. The first kappa shape index (κ1) is 13.0. The van der Waals surface area contributed by atoms with Gasteiger partial charge in [-0.05, 0) is 25.0 Å². The van der Waals surface area contributed by atoms with Crippen LogP contribution in [0, 0.1) is 0 Å². The third-order valence-electron chi connectivity index (χ3n) is 2.75. The third kappa shape index (κ3) is 2.37. The molecule has 1 aliphatic rings. The van der Waals surface area contributed by atoms with Gasteiger partial charge in [-0.1, -0.05) is 0 Å². The maximum atomic E-state index is 12.6. The lowest BCUT2D eigenvalue weighted by Gasteiger charge is -2.21. The molecule has 0 unspecified atom stereocenters.